The monoisotopic (exact) mass is 476 g/mol. The molecule has 1 aromatic carbocycles. The van der Waals surface area contributed by atoms with E-state index in [1.165, 1.54) is 11.3 Å². The number of nitrogens with zero attached hydrogens (tertiary/aromatic N) is 4. The Morgan fingerprint density at radius 3 is 2.69 bits per heavy atom. The van der Waals surface area contributed by atoms with Crippen LogP contribution in [-0.2, 0) is 17.6 Å². The van der Waals surface area contributed by atoms with E-state index in [9.17, 15) is 9.90 Å². The molecule has 10 heteroatoms. The molecule has 1 atom stereocenters. The number of carbonyl (C=O) groups excluding carboxylic acids is 1. The first-order valence-electron chi connectivity index (χ1n) is 9.12. The molecule has 1 amide bonds. The maximum Gasteiger partial charge on any atom is 0.259 e. The Morgan fingerprint density at radius 2 is 1.97 bits per heavy atom. The van der Waals surface area contributed by atoms with Crippen molar-refractivity contribution in [1.82, 2.24) is 20.4 Å². The number of rotatable bonds is 9. The van der Waals surface area contributed by atoms with Crippen LogP contribution in [0.25, 0.3) is 0 Å². The molecule has 3 N–H and O–H groups in total. The van der Waals surface area contributed by atoms with Crippen LogP contribution >= 0.6 is 27.3 Å². The fourth-order valence-corrected chi connectivity index (χ4v) is 3.82. The van der Waals surface area contributed by atoms with E-state index in [1.807, 2.05) is 25.2 Å². The molecular formula is C19H21BrN6O2S. The molecule has 0 radical (unpaired) electrons. The van der Waals surface area contributed by atoms with Crippen LogP contribution in [0.15, 0.2) is 40.9 Å². The minimum atomic E-state index is -1.27. The van der Waals surface area contributed by atoms with Gasteiger partial charge in [-0.25, -0.2) is 0 Å². The minimum absolute atomic E-state index is 0.382. The van der Waals surface area contributed by atoms with Crippen LogP contribution in [0, 0.1) is 0 Å². The molecular weight excluding hydrogens is 456 g/mol. The predicted molar refractivity (Wildman–Crippen MR) is 116 cm³/mol. The molecule has 3 aromatic rings. The summed E-state index contributed by atoms with van der Waals surface area (Å²) in [6.07, 6.45) is 2.23. The molecule has 0 fully saturated rings. The summed E-state index contributed by atoms with van der Waals surface area (Å²) >= 11 is 4.64. The Labute approximate surface area is 180 Å². The highest BCUT2D eigenvalue weighted by atomic mass is 79.9. The molecule has 3 rings (SSSR count). The van der Waals surface area contributed by atoms with Crippen molar-refractivity contribution in [2.24, 2.45) is 0 Å². The van der Waals surface area contributed by atoms with Crippen molar-refractivity contribution in [3.8, 4) is 0 Å². The Hall–Kier alpha value is -2.43. The van der Waals surface area contributed by atoms with Crippen molar-refractivity contribution in [1.29, 1.82) is 0 Å². The second kappa shape index (κ2) is 10.4. The van der Waals surface area contributed by atoms with Gasteiger partial charge in [0.15, 0.2) is 6.10 Å². The second-order valence-corrected chi connectivity index (χ2v) is 8.29. The summed E-state index contributed by atoms with van der Waals surface area (Å²) in [5.74, 6) is 0.219. The molecule has 0 aliphatic carbocycles. The third kappa shape index (κ3) is 6.28. The summed E-state index contributed by atoms with van der Waals surface area (Å²) in [7, 11) is 1.81. The lowest BCUT2D eigenvalue weighted by molar-refractivity contribution is -0.124. The van der Waals surface area contributed by atoms with Gasteiger partial charge in [-0.2, -0.15) is 5.10 Å². The number of aliphatic hydroxyl groups excluding tert-OH is 1. The van der Waals surface area contributed by atoms with Gasteiger partial charge in [0.2, 0.25) is 5.13 Å². The van der Waals surface area contributed by atoms with E-state index >= 15 is 0 Å². The number of aromatic nitrogens is 4. The maximum atomic E-state index is 12.2. The van der Waals surface area contributed by atoms with Gasteiger partial charge in [0, 0.05) is 17.9 Å². The Bertz CT molecular complexity index is 950. The topological polar surface area (TPSA) is 113 Å². The number of hydrogen-bond donors (Lipinski definition) is 3. The second-order valence-electron chi connectivity index (χ2n) is 6.31. The number of nitrogens with one attached hydrogen (secondary N) is 2. The van der Waals surface area contributed by atoms with Crippen molar-refractivity contribution >= 4 is 44.1 Å². The highest BCUT2D eigenvalue weighted by Gasteiger charge is 2.19. The van der Waals surface area contributed by atoms with Gasteiger partial charge >= 0.3 is 0 Å². The third-order valence-electron chi connectivity index (χ3n) is 4.16. The van der Waals surface area contributed by atoms with Crippen LogP contribution in [0.3, 0.4) is 0 Å². The molecule has 152 valence electrons. The van der Waals surface area contributed by atoms with E-state index in [0.717, 1.165) is 46.7 Å². The molecule has 2 aromatic heterocycles. The van der Waals surface area contributed by atoms with Crippen LogP contribution in [0.4, 0.5) is 10.9 Å². The molecule has 1 unspecified atom stereocenters. The average molecular weight is 477 g/mol. The lowest BCUT2D eigenvalue weighted by atomic mass is 10.1. The summed E-state index contributed by atoms with van der Waals surface area (Å²) in [5, 5.41) is 33.3. The quantitative estimate of drug-likeness (QED) is 0.405. The lowest BCUT2D eigenvalue weighted by Crippen LogP contribution is -2.20. The number of amides is 1. The van der Waals surface area contributed by atoms with Crippen molar-refractivity contribution in [3.05, 3.63) is 57.1 Å². The van der Waals surface area contributed by atoms with Gasteiger partial charge < -0.3 is 10.4 Å². The van der Waals surface area contributed by atoms with Crippen LogP contribution in [-0.4, -0.2) is 38.5 Å². The Morgan fingerprint density at radius 1 is 1.14 bits per heavy atom. The fraction of sp³-hybridized carbons (Fsp3) is 0.316. The highest BCUT2D eigenvalue weighted by molar-refractivity contribution is 9.10. The number of benzene rings is 1. The summed E-state index contributed by atoms with van der Waals surface area (Å²) in [6, 6.07) is 10.9. The zero-order valence-corrected chi connectivity index (χ0v) is 18.2. The zero-order valence-electron chi connectivity index (χ0n) is 15.8. The smallest absolute Gasteiger partial charge is 0.259 e. The number of hydrogen-bond acceptors (Lipinski definition) is 8. The Kier molecular flexibility index (Phi) is 7.62. The summed E-state index contributed by atoms with van der Waals surface area (Å²) < 4.78 is 0.795. The van der Waals surface area contributed by atoms with Crippen LogP contribution in [0.2, 0.25) is 0 Å². The van der Waals surface area contributed by atoms with Gasteiger partial charge in [-0.05, 0) is 49.1 Å². The zero-order chi connectivity index (χ0) is 20.6. The van der Waals surface area contributed by atoms with E-state index in [2.05, 4.69) is 47.0 Å². The van der Waals surface area contributed by atoms with Crippen LogP contribution < -0.4 is 10.6 Å². The molecule has 8 nitrogen and oxygen atoms in total. The SMILES string of the molecule is CNc1ccc(CCCCc2nnc(NC(=O)C(O)c3cccc(Br)c3)s2)nn1. The van der Waals surface area contributed by atoms with Gasteiger partial charge in [0.1, 0.15) is 10.8 Å². The summed E-state index contributed by atoms with van der Waals surface area (Å²) in [5.41, 5.74) is 1.46. The fourth-order valence-electron chi connectivity index (χ4n) is 2.62. The largest absolute Gasteiger partial charge is 0.378 e. The van der Waals surface area contributed by atoms with E-state index in [0.29, 0.717) is 10.7 Å². The molecule has 0 saturated carbocycles. The number of carbonyl (C=O) groups is 1. The number of anilines is 2. The third-order valence-corrected chi connectivity index (χ3v) is 5.55. The molecule has 0 saturated heterocycles. The summed E-state index contributed by atoms with van der Waals surface area (Å²) in [6.45, 7) is 0. The average Bonchev–Trinajstić information content (AvgIpc) is 3.18. The molecule has 0 spiro atoms. The molecule has 2 heterocycles. The number of unbranched alkanes of at least 4 members (excludes halogenated alkanes) is 1. The normalized spacial score (nSPS) is 11.8. The molecule has 0 aliphatic rings. The number of aliphatic hydroxyl groups is 1. The first-order valence-corrected chi connectivity index (χ1v) is 10.7. The van der Waals surface area contributed by atoms with Gasteiger partial charge in [-0.15, -0.1) is 15.3 Å². The lowest BCUT2D eigenvalue weighted by Gasteiger charge is -2.10. The molecule has 0 aliphatic heterocycles. The van der Waals surface area contributed by atoms with Crippen molar-refractivity contribution < 1.29 is 9.90 Å². The Balaban J connectivity index is 1.44. The van der Waals surface area contributed by atoms with Gasteiger partial charge in [-0.3, -0.25) is 10.1 Å². The standard InChI is InChI=1S/C19H21BrN6O2S/c1-21-15-10-9-14(23-24-15)7-2-3-8-16-25-26-19(29-16)22-18(28)17(27)12-5-4-6-13(20)11-12/h4-6,9-11,17,27H,2-3,7-8H2,1H3,(H,21,24)(H,22,26,28). The first-order chi connectivity index (χ1) is 14.0. The van der Waals surface area contributed by atoms with Gasteiger partial charge in [-0.1, -0.05) is 39.4 Å². The minimum Gasteiger partial charge on any atom is -0.378 e. The maximum absolute atomic E-state index is 12.2. The number of halogens is 1. The molecule has 0 bridgehead atoms. The number of aryl methyl sites for hydroxylation is 2. The van der Waals surface area contributed by atoms with Gasteiger partial charge in [0.05, 0.1) is 5.69 Å². The van der Waals surface area contributed by atoms with Gasteiger partial charge in [0.25, 0.3) is 5.91 Å². The van der Waals surface area contributed by atoms with Crippen LogP contribution in [0.1, 0.15) is 35.2 Å². The van der Waals surface area contributed by atoms with Crippen molar-refractivity contribution in [2.75, 3.05) is 17.7 Å². The van der Waals surface area contributed by atoms with E-state index in [1.54, 1.807) is 18.2 Å². The highest BCUT2D eigenvalue weighted by Crippen LogP contribution is 2.22. The summed E-state index contributed by atoms with van der Waals surface area (Å²) in [4.78, 5) is 12.2. The van der Waals surface area contributed by atoms with E-state index in [4.69, 9.17) is 0 Å². The van der Waals surface area contributed by atoms with Crippen molar-refractivity contribution in [2.45, 2.75) is 31.8 Å². The van der Waals surface area contributed by atoms with Crippen molar-refractivity contribution in [3.63, 3.8) is 0 Å². The first kappa shape index (κ1) is 21.3. The molecule has 29 heavy (non-hydrogen) atoms. The van der Waals surface area contributed by atoms with E-state index < -0.39 is 12.0 Å². The van der Waals surface area contributed by atoms with E-state index in [-0.39, 0.29) is 0 Å². The predicted octanol–water partition coefficient (Wildman–Crippen LogP) is 3.37. The van der Waals surface area contributed by atoms with Crippen LogP contribution in [0.5, 0.6) is 0 Å².